The predicted octanol–water partition coefficient (Wildman–Crippen LogP) is 1.26. The molecule has 1 aromatic carbocycles. The van der Waals surface area contributed by atoms with Crippen LogP contribution in [0.1, 0.15) is 5.56 Å². The summed E-state index contributed by atoms with van der Waals surface area (Å²) >= 11 is 0. The van der Waals surface area contributed by atoms with Crippen LogP contribution in [0.3, 0.4) is 0 Å². The minimum absolute atomic E-state index is 0.0650. The second-order valence-electron chi connectivity index (χ2n) is 5.34. The Morgan fingerprint density at radius 3 is 2.83 bits per heavy atom. The Morgan fingerprint density at radius 1 is 1.39 bits per heavy atom. The first-order chi connectivity index (χ1) is 11.2. The van der Waals surface area contributed by atoms with E-state index >= 15 is 0 Å². The van der Waals surface area contributed by atoms with Crippen molar-refractivity contribution in [2.24, 2.45) is 0 Å². The average molecular weight is 314 g/mol. The molecule has 0 bridgehead atoms. The lowest BCUT2D eigenvalue weighted by Gasteiger charge is -2.26. The smallest absolute Gasteiger partial charge is 0.263 e. The molecule has 122 valence electrons. The van der Waals surface area contributed by atoms with Crippen LogP contribution in [0, 0.1) is 18.3 Å². The molecule has 1 heterocycles. The summed E-state index contributed by atoms with van der Waals surface area (Å²) in [5.74, 6) is -0.359. The molecule has 0 unspecified atom stereocenters. The van der Waals surface area contributed by atoms with Crippen LogP contribution in [0.5, 0.6) is 0 Å². The Bertz CT molecular complexity index is 601. The number of para-hydroxylation sites is 1. The highest BCUT2D eigenvalue weighted by Gasteiger charge is 2.12. The van der Waals surface area contributed by atoms with Gasteiger partial charge in [0.25, 0.3) is 5.91 Å². The lowest BCUT2D eigenvalue weighted by atomic mass is 10.2. The van der Waals surface area contributed by atoms with Gasteiger partial charge in [-0.25, -0.2) is 0 Å². The number of anilines is 1. The predicted molar refractivity (Wildman–Crippen MR) is 88.8 cm³/mol. The van der Waals surface area contributed by atoms with Crippen LogP contribution in [-0.2, 0) is 9.53 Å². The van der Waals surface area contributed by atoms with Gasteiger partial charge >= 0.3 is 0 Å². The zero-order valence-corrected chi connectivity index (χ0v) is 13.3. The first-order valence-electron chi connectivity index (χ1n) is 7.71. The first kappa shape index (κ1) is 17.0. The molecule has 1 aliphatic rings. The van der Waals surface area contributed by atoms with E-state index in [1.165, 1.54) is 6.20 Å². The molecule has 0 atom stereocenters. The van der Waals surface area contributed by atoms with Gasteiger partial charge in [-0.1, -0.05) is 18.2 Å². The molecule has 1 aromatic rings. The number of ether oxygens (including phenoxy) is 1. The first-order valence-corrected chi connectivity index (χ1v) is 7.71. The fraction of sp³-hybridized carbons (Fsp3) is 0.412. The van der Waals surface area contributed by atoms with Gasteiger partial charge in [0, 0.05) is 38.1 Å². The van der Waals surface area contributed by atoms with Crippen molar-refractivity contribution in [3.63, 3.8) is 0 Å². The molecule has 0 saturated carbocycles. The average Bonchev–Trinajstić information content (AvgIpc) is 2.58. The van der Waals surface area contributed by atoms with Crippen molar-refractivity contribution in [3.05, 3.63) is 41.6 Å². The van der Waals surface area contributed by atoms with Crippen LogP contribution in [-0.4, -0.2) is 50.2 Å². The molecule has 6 nitrogen and oxygen atoms in total. The highest BCUT2D eigenvalue weighted by atomic mass is 16.5. The number of hydrogen-bond acceptors (Lipinski definition) is 5. The van der Waals surface area contributed by atoms with Gasteiger partial charge in [0.15, 0.2) is 0 Å². The number of nitrogens with zero attached hydrogens (tertiary/aromatic N) is 2. The molecule has 1 fully saturated rings. The lowest BCUT2D eigenvalue weighted by Crippen LogP contribution is -2.41. The van der Waals surface area contributed by atoms with Crippen molar-refractivity contribution in [3.8, 4) is 6.07 Å². The van der Waals surface area contributed by atoms with E-state index in [-0.39, 0.29) is 11.5 Å². The van der Waals surface area contributed by atoms with Crippen LogP contribution in [0.15, 0.2) is 36.0 Å². The van der Waals surface area contributed by atoms with Crippen LogP contribution < -0.4 is 10.6 Å². The number of nitrogens with one attached hydrogen (secondary N) is 2. The second-order valence-corrected chi connectivity index (χ2v) is 5.34. The van der Waals surface area contributed by atoms with Gasteiger partial charge in [-0.05, 0) is 18.6 Å². The van der Waals surface area contributed by atoms with E-state index in [4.69, 9.17) is 10.00 Å². The maximum atomic E-state index is 12.0. The van der Waals surface area contributed by atoms with Crippen LogP contribution in [0.2, 0.25) is 0 Å². The highest BCUT2D eigenvalue weighted by molar-refractivity contribution is 5.97. The van der Waals surface area contributed by atoms with Gasteiger partial charge < -0.3 is 15.4 Å². The van der Waals surface area contributed by atoms with Gasteiger partial charge in [0.05, 0.1) is 13.2 Å². The Balaban J connectivity index is 1.82. The molecule has 0 radical (unpaired) electrons. The van der Waals surface area contributed by atoms with Crippen molar-refractivity contribution in [1.29, 1.82) is 5.26 Å². The minimum atomic E-state index is -0.359. The summed E-state index contributed by atoms with van der Waals surface area (Å²) in [5, 5.41) is 14.9. The fourth-order valence-electron chi connectivity index (χ4n) is 2.28. The van der Waals surface area contributed by atoms with Crippen molar-refractivity contribution in [2.75, 3.05) is 44.7 Å². The number of amides is 1. The Kier molecular flexibility index (Phi) is 6.60. The highest BCUT2D eigenvalue weighted by Crippen LogP contribution is 2.13. The molecule has 23 heavy (non-hydrogen) atoms. The fourth-order valence-corrected chi connectivity index (χ4v) is 2.28. The van der Waals surface area contributed by atoms with Crippen molar-refractivity contribution < 1.29 is 9.53 Å². The van der Waals surface area contributed by atoms with E-state index in [1.54, 1.807) is 0 Å². The molecule has 0 spiro atoms. The third-order valence-electron chi connectivity index (χ3n) is 3.70. The normalized spacial score (nSPS) is 15.7. The van der Waals surface area contributed by atoms with Crippen molar-refractivity contribution >= 4 is 11.6 Å². The molecule has 1 amide bonds. The molecule has 2 N–H and O–H groups in total. The molecule has 2 rings (SSSR count). The van der Waals surface area contributed by atoms with Crippen LogP contribution in [0.4, 0.5) is 5.69 Å². The van der Waals surface area contributed by atoms with E-state index in [1.807, 2.05) is 37.3 Å². The number of nitriles is 1. The zero-order chi connectivity index (χ0) is 16.5. The maximum Gasteiger partial charge on any atom is 0.263 e. The Labute approximate surface area is 136 Å². The van der Waals surface area contributed by atoms with E-state index in [2.05, 4.69) is 15.5 Å². The summed E-state index contributed by atoms with van der Waals surface area (Å²) in [6, 6.07) is 9.63. The van der Waals surface area contributed by atoms with Gasteiger partial charge in [0.2, 0.25) is 0 Å². The largest absolute Gasteiger partial charge is 0.379 e. The molecule has 1 aliphatic heterocycles. The topological polar surface area (TPSA) is 77.4 Å². The van der Waals surface area contributed by atoms with Crippen LogP contribution in [0.25, 0.3) is 0 Å². The summed E-state index contributed by atoms with van der Waals surface area (Å²) < 4.78 is 5.28. The third kappa shape index (κ3) is 5.40. The van der Waals surface area contributed by atoms with E-state index in [0.29, 0.717) is 6.54 Å². The summed E-state index contributed by atoms with van der Waals surface area (Å²) in [7, 11) is 0. The van der Waals surface area contributed by atoms with Gasteiger partial charge in [-0.15, -0.1) is 0 Å². The lowest BCUT2D eigenvalue weighted by molar-refractivity contribution is -0.117. The van der Waals surface area contributed by atoms with E-state index < -0.39 is 0 Å². The molecule has 0 aromatic heterocycles. The number of morpholine rings is 1. The molecule has 6 heteroatoms. The third-order valence-corrected chi connectivity index (χ3v) is 3.70. The number of benzene rings is 1. The summed E-state index contributed by atoms with van der Waals surface area (Å²) in [6.45, 7) is 6.47. The summed E-state index contributed by atoms with van der Waals surface area (Å²) in [4.78, 5) is 14.3. The Hall–Kier alpha value is -2.36. The minimum Gasteiger partial charge on any atom is -0.379 e. The number of hydrogen-bond donors (Lipinski definition) is 2. The monoisotopic (exact) mass is 314 g/mol. The van der Waals surface area contributed by atoms with E-state index in [9.17, 15) is 4.79 Å². The number of carbonyl (C=O) groups excluding carboxylic acids is 1. The van der Waals surface area contributed by atoms with Gasteiger partial charge in [0.1, 0.15) is 11.6 Å². The number of rotatable bonds is 6. The van der Waals surface area contributed by atoms with Crippen molar-refractivity contribution in [2.45, 2.75) is 6.92 Å². The standard InChI is InChI=1S/C17H22N4O2/c1-14-4-2-3-5-16(14)20-13-15(12-18)17(22)19-6-7-21-8-10-23-11-9-21/h2-5,13,20H,6-11H2,1H3,(H,19,22)/b15-13-. The summed E-state index contributed by atoms with van der Waals surface area (Å²) in [6.07, 6.45) is 1.45. The maximum absolute atomic E-state index is 12.0. The molecular formula is C17H22N4O2. The molecule has 1 saturated heterocycles. The van der Waals surface area contributed by atoms with Crippen LogP contribution >= 0.6 is 0 Å². The van der Waals surface area contributed by atoms with Crippen molar-refractivity contribution in [1.82, 2.24) is 10.2 Å². The molecular weight excluding hydrogens is 292 g/mol. The Morgan fingerprint density at radius 2 is 2.13 bits per heavy atom. The summed E-state index contributed by atoms with van der Waals surface area (Å²) in [5.41, 5.74) is 1.99. The SMILES string of the molecule is Cc1ccccc1N/C=C(/C#N)C(=O)NCCN1CCOCC1. The van der Waals surface area contributed by atoms with Gasteiger partial charge in [-0.3, -0.25) is 9.69 Å². The van der Waals surface area contributed by atoms with Gasteiger partial charge in [-0.2, -0.15) is 5.26 Å². The zero-order valence-electron chi connectivity index (χ0n) is 13.3. The quantitative estimate of drug-likeness (QED) is 0.611. The van der Waals surface area contributed by atoms with E-state index in [0.717, 1.165) is 44.1 Å². The molecule has 0 aliphatic carbocycles. The number of aryl methyl sites for hydroxylation is 1. The second kappa shape index (κ2) is 8.93. The number of carbonyl (C=O) groups is 1.